The van der Waals surface area contributed by atoms with E-state index in [1.807, 2.05) is 0 Å². The van der Waals surface area contributed by atoms with Gasteiger partial charge in [-0.05, 0) is 12.8 Å². The third kappa shape index (κ3) is 10.8. The van der Waals surface area contributed by atoms with E-state index in [4.69, 9.17) is 10.2 Å². The highest BCUT2D eigenvalue weighted by Gasteiger charge is 2.26. The number of hydrogen-bond acceptors (Lipinski definition) is 4. The molecular formula is C19H37NO4. The largest absolute Gasteiger partial charge is 0.394 e. The second-order valence-electron chi connectivity index (χ2n) is 6.60. The predicted molar refractivity (Wildman–Crippen MR) is 96.7 cm³/mol. The average molecular weight is 344 g/mol. The Kier molecular flexibility index (Phi) is 15.0. The summed E-state index contributed by atoms with van der Waals surface area (Å²) in [5.41, 5.74) is 0. The van der Waals surface area contributed by atoms with E-state index in [1.54, 1.807) is 0 Å². The van der Waals surface area contributed by atoms with Gasteiger partial charge in [-0.1, -0.05) is 65.2 Å². The van der Waals surface area contributed by atoms with Crippen LogP contribution in [0, 0.1) is 5.92 Å². The van der Waals surface area contributed by atoms with Gasteiger partial charge in [0.05, 0.1) is 25.2 Å². The minimum Gasteiger partial charge on any atom is -0.394 e. The summed E-state index contributed by atoms with van der Waals surface area (Å²) in [7, 11) is 0. The molecule has 24 heavy (non-hydrogen) atoms. The molecule has 0 rings (SSSR count). The predicted octanol–water partition coefficient (Wildman–Crippen LogP) is 2.97. The Hall–Kier alpha value is -0.940. The summed E-state index contributed by atoms with van der Waals surface area (Å²) >= 11 is 0. The highest BCUT2D eigenvalue weighted by Crippen LogP contribution is 2.17. The van der Waals surface area contributed by atoms with Crippen molar-refractivity contribution >= 4 is 11.7 Å². The molecule has 0 aromatic carbocycles. The Morgan fingerprint density at radius 2 is 1.38 bits per heavy atom. The molecule has 0 fully saturated rings. The standard InChI is InChI=1S/C19H37NO4/c1-3-5-7-9-11-13-18(23)17(12-10-8-6-4-2)19(24)20-16(14-21)15-22/h16-17,21-22H,3-15H2,1-2H3,(H,20,24)/t17-/m1/s1. The topological polar surface area (TPSA) is 86.6 Å². The van der Waals surface area contributed by atoms with Crippen LogP contribution in [-0.4, -0.2) is 41.2 Å². The molecule has 0 spiro atoms. The molecule has 0 aromatic rings. The van der Waals surface area contributed by atoms with E-state index in [0.717, 1.165) is 44.9 Å². The lowest BCUT2D eigenvalue weighted by molar-refractivity contribution is -0.135. The lowest BCUT2D eigenvalue weighted by Gasteiger charge is -2.19. The molecule has 3 N–H and O–H groups in total. The van der Waals surface area contributed by atoms with Crippen molar-refractivity contribution in [3.8, 4) is 0 Å². The maximum atomic E-state index is 12.5. The highest BCUT2D eigenvalue weighted by molar-refractivity contribution is 6.01. The van der Waals surface area contributed by atoms with E-state index in [-0.39, 0.29) is 24.9 Å². The molecule has 0 bridgehead atoms. The van der Waals surface area contributed by atoms with E-state index < -0.39 is 12.0 Å². The summed E-state index contributed by atoms with van der Waals surface area (Å²) in [6.07, 6.45) is 10.4. The van der Waals surface area contributed by atoms with Gasteiger partial charge in [-0.15, -0.1) is 0 Å². The smallest absolute Gasteiger partial charge is 0.230 e. The molecule has 5 nitrogen and oxygen atoms in total. The van der Waals surface area contributed by atoms with Crippen molar-refractivity contribution in [1.29, 1.82) is 0 Å². The molecule has 0 saturated heterocycles. The van der Waals surface area contributed by atoms with Crippen molar-refractivity contribution in [2.75, 3.05) is 13.2 Å². The van der Waals surface area contributed by atoms with Crippen LogP contribution in [0.5, 0.6) is 0 Å². The van der Waals surface area contributed by atoms with Gasteiger partial charge in [0.1, 0.15) is 5.78 Å². The quantitative estimate of drug-likeness (QED) is 0.297. The first kappa shape index (κ1) is 23.1. The Morgan fingerprint density at radius 3 is 1.92 bits per heavy atom. The molecule has 0 aliphatic heterocycles. The fourth-order valence-corrected chi connectivity index (χ4v) is 2.74. The second-order valence-corrected chi connectivity index (χ2v) is 6.60. The summed E-state index contributed by atoms with van der Waals surface area (Å²) in [4.78, 5) is 24.8. The number of ketones is 1. The number of aliphatic hydroxyl groups is 2. The van der Waals surface area contributed by atoms with Gasteiger partial charge in [0.25, 0.3) is 0 Å². The van der Waals surface area contributed by atoms with Crippen LogP contribution in [-0.2, 0) is 9.59 Å². The first-order valence-electron chi connectivity index (χ1n) is 9.65. The normalized spacial score (nSPS) is 12.4. The van der Waals surface area contributed by atoms with Crippen molar-refractivity contribution in [1.82, 2.24) is 5.32 Å². The van der Waals surface area contributed by atoms with Gasteiger partial charge >= 0.3 is 0 Å². The van der Waals surface area contributed by atoms with Crippen molar-refractivity contribution < 1.29 is 19.8 Å². The van der Waals surface area contributed by atoms with Crippen LogP contribution in [0.25, 0.3) is 0 Å². The zero-order chi connectivity index (χ0) is 18.2. The lowest BCUT2D eigenvalue weighted by atomic mass is 9.92. The summed E-state index contributed by atoms with van der Waals surface area (Å²) in [6, 6.07) is -0.687. The number of hydrogen-bond donors (Lipinski definition) is 3. The third-order valence-electron chi connectivity index (χ3n) is 4.37. The van der Waals surface area contributed by atoms with Crippen molar-refractivity contribution in [3.63, 3.8) is 0 Å². The van der Waals surface area contributed by atoms with Crippen LogP contribution in [0.15, 0.2) is 0 Å². The molecule has 0 aliphatic carbocycles. The van der Waals surface area contributed by atoms with Crippen LogP contribution >= 0.6 is 0 Å². The highest BCUT2D eigenvalue weighted by atomic mass is 16.3. The monoisotopic (exact) mass is 343 g/mol. The molecule has 0 saturated carbocycles. The summed E-state index contributed by atoms with van der Waals surface area (Å²) < 4.78 is 0. The van der Waals surface area contributed by atoms with E-state index in [1.165, 1.54) is 12.8 Å². The Morgan fingerprint density at radius 1 is 0.833 bits per heavy atom. The summed E-state index contributed by atoms with van der Waals surface area (Å²) in [5, 5.41) is 20.8. The van der Waals surface area contributed by atoms with Crippen LogP contribution in [0.2, 0.25) is 0 Å². The second kappa shape index (κ2) is 15.6. The molecule has 142 valence electrons. The van der Waals surface area contributed by atoms with Gasteiger partial charge in [0, 0.05) is 6.42 Å². The first-order valence-corrected chi connectivity index (χ1v) is 9.65. The van der Waals surface area contributed by atoms with Crippen LogP contribution in [0.1, 0.15) is 84.5 Å². The molecule has 0 aromatic heterocycles. The number of amides is 1. The van der Waals surface area contributed by atoms with Crippen molar-refractivity contribution in [2.45, 2.75) is 90.5 Å². The lowest BCUT2D eigenvalue weighted by Crippen LogP contribution is -2.45. The van der Waals surface area contributed by atoms with E-state index in [0.29, 0.717) is 12.8 Å². The van der Waals surface area contributed by atoms with Crippen molar-refractivity contribution in [3.05, 3.63) is 0 Å². The SMILES string of the molecule is CCCCCCCC(=O)[C@@H](CCCCCC)C(=O)NC(CO)CO. The molecule has 5 heteroatoms. The van der Waals surface area contributed by atoms with Gasteiger partial charge < -0.3 is 15.5 Å². The van der Waals surface area contributed by atoms with Gasteiger partial charge in [0.15, 0.2) is 0 Å². The fraction of sp³-hybridized carbons (Fsp3) is 0.895. The fourth-order valence-electron chi connectivity index (χ4n) is 2.74. The van der Waals surface area contributed by atoms with Gasteiger partial charge in [-0.3, -0.25) is 9.59 Å². The van der Waals surface area contributed by atoms with Gasteiger partial charge in [-0.25, -0.2) is 0 Å². The zero-order valence-electron chi connectivity index (χ0n) is 15.6. The molecule has 1 amide bonds. The summed E-state index contributed by atoms with van der Waals surface area (Å²) in [5.74, 6) is -0.998. The minimum atomic E-state index is -0.687. The number of aliphatic hydroxyl groups excluding tert-OH is 2. The van der Waals surface area contributed by atoms with Gasteiger partial charge in [-0.2, -0.15) is 0 Å². The van der Waals surface area contributed by atoms with Crippen LogP contribution < -0.4 is 5.32 Å². The third-order valence-corrected chi connectivity index (χ3v) is 4.37. The number of nitrogens with one attached hydrogen (secondary N) is 1. The zero-order valence-corrected chi connectivity index (χ0v) is 15.6. The maximum absolute atomic E-state index is 12.5. The minimum absolute atomic E-state index is 0.00451. The van der Waals surface area contributed by atoms with E-state index >= 15 is 0 Å². The number of unbranched alkanes of at least 4 members (excludes halogenated alkanes) is 7. The molecular weight excluding hydrogens is 306 g/mol. The van der Waals surface area contributed by atoms with E-state index in [9.17, 15) is 9.59 Å². The van der Waals surface area contributed by atoms with Gasteiger partial charge in [0.2, 0.25) is 5.91 Å². The molecule has 0 unspecified atom stereocenters. The average Bonchev–Trinajstić information content (AvgIpc) is 2.59. The van der Waals surface area contributed by atoms with Crippen molar-refractivity contribution in [2.24, 2.45) is 5.92 Å². The molecule has 1 atom stereocenters. The summed E-state index contributed by atoms with van der Waals surface area (Å²) in [6.45, 7) is 3.63. The Labute approximate surface area is 147 Å². The molecule has 0 heterocycles. The molecule has 0 radical (unpaired) electrons. The number of carbonyl (C=O) groups is 2. The van der Waals surface area contributed by atoms with E-state index in [2.05, 4.69) is 19.2 Å². The first-order chi connectivity index (χ1) is 11.6. The van der Waals surface area contributed by atoms with Crippen LogP contribution in [0.3, 0.4) is 0 Å². The van der Waals surface area contributed by atoms with Crippen LogP contribution in [0.4, 0.5) is 0 Å². The Balaban J connectivity index is 4.48. The number of carbonyl (C=O) groups excluding carboxylic acids is 2. The number of rotatable bonds is 16. The number of Topliss-reactive ketones (excluding diaryl/α,β-unsaturated/α-hetero) is 1. The Bertz CT molecular complexity index is 329. The maximum Gasteiger partial charge on any atom is 0.230 e. The molecule has 0 aliphatic rings.